The number of nitrogens with one attached hydrogen (secondary N) is 2. The van der Waals surface area contributed by atoms with Crippen molar-refractivity contribution in [2.75, 3.05) is 32.0 Å². The molecule has 2 aromatic rings. The van der Waals surface area contributed by atoms with Crippen LogP contribution in [0.4, 0.5) is 6.01 Å². The van der Waals surface area contributed by atoms with Crippen molar-refractivity contribution in [1.82, 2.24) is 20.4 Å². The Labute approximate surface area is 124 Å². The summed E-state index contributed by atoms with van der Waals surface area (Å²) in [4.78, 5) is 2.44. The number of aromatic nitrogens is 2. The van der Waals surface area contributed by atoms with Crippen molar-refractivity contribution in [3.8, 4) is 0 Å². The molecule has 2 N–H and O–H groups in total. The van der Waals surface area contributed by atoms with Gasteiger partial charge in [-0.3, -0.25) is 4.90 Å². The van der Waals surface area contributed by atoms with Gasteiger partial charge in [-0.25, -0.2) is 0 Å². The van der Waals surface area contributed by atoms with E-state index in [1.807, 2.05) is 7.05 Å². The van der Waals surface area contributed by atoms with Gasteiger partial charge < -0.3 is 15.1 Å². The van der Waals surface area contributed by atoms with Crippen LogP contribution in [0, 0.1) is 0 Å². The quantitative estimate of drug-likeness (QED) is 0.834. The van der Waals surface area contributed by atoms with Gasteiger partial charge in [-0.15, -0.1) is 5.10 Å². The lowest BCUT2D eigenvalue weighted by molar-refractivity contribution is 0.263. The summed E-state index contributed by atoms with van der Waals surface area (Å²) in [6.07, 6.45) is 1.13. The van der Waals surface area contributed by atoms with Crippen molar-refractivity contribution in [1.29, 1.82) is 0 Å². The third kappa shape index (κ3) is 3.59. The first kappa shape index (κ1) is 14.0. The SMILES string of the molecule is CNCc1nnc(NCCN2CCc3ccccc3C2)o1. The summed E-state index contributed by atoms with van der Waals surface area (Å²) >= 11 is 0. The summed E-state index contributed by atoms with van der Waals surface area (Å²) in [6, 6.07) is 9.18. The van der Waals surface area contributed by atoms with Gasteiger partial charge in [-0.05, 0) is 24.6 Å². The largest absolute Gasteiger partial charge is 0.407 e. The predicted octanol–water partition coefficient (Wildman–Crippen LogP) is 1.26. The Kier molecular flexibility index (Phi) is 4.47. The maximum absolute atomic E-state index is 5.46. The van der Waals surface area contributed by atoms with E-state index >= 15 is 0 Å². The first-order chi connectivity index (χ1) is 10.3. The fourth-order valence-electron chi connectivity index (χ4n) is 2.61. The third-order valence-corrected chi connectivity index (χ3v) is 3.71. The van der Waals surface area contributed by atoms with Crippen molar-refractivity contribution < 1.29 is 4.42 Å². The van der Waals surface area contributed by atoms with E-state index in [9.17, 15) is 0 Å². The molecule has 1 aliphatic heterocycles. The van der Waals surface area contributed by atoms with Crippen LogP contribution in [0.2, 0.25) is 0 Å². The molecule has 0 saturated carbocycles. The van der Waals surface area contributed by atoms with Gasteiger partial charge >= 0.3 is 6.01 Å². The maximum Gasteiger partial charge on any atom is 0.315 e. The highest BCUT2D eigenvalue weighted by atomic mass is 16.4. The first-order valence-electron chi connectivity index (χ1n) is 7.35. The number of rotatable bonds is 6. The lowest BCUT2D eigenvalue weighted by atomic mass is 10.00. The second-order valence-corrected chi connectivity index (χ2v) is 5.25. The zero-order valence-corrected chi connectivity index (χ0v) is 12.3. The molecule has 0 unspecified atom stereocenters. The van der Waals surface area contributed by atoms with E-state index in [0.717, 1.165) is 32.6 Å². The highest BCUT2D eigenvalue weighted by Gasteiger charge is 2.15. The minimum Gasteiger partial charge on any atom is -0.407 e. The minimum atomic E-state index is 0.498. The molecular weight excluding hydrogens is 266 g/mol. The van der Waals surface area contributed by atoms with Crippen molar-refractivity contribution in [3.05, 3.63) is 41.3 Å². The van der Waals surface area contributed by atoms with Gasteiger partial charge in [0.25, 0.3) is 0 Å². The van der Waals surface area contributed by atoms with Crippen LogP contribution in [0.15, 0.2) is 28.7 Å². The Morgan fingerprint density at radius 1 is 1.24 bits per heavy atom. The highest BCUT2D eigenvalue weighted by Crippen LogP contribution is 2.18. The monoisotopic (exact) mass is 287 g/mol. The first-order valence-corrected chi connectivity index (χ1v) is 7.35. The molecule has 21 heavy (non-hydrogen) atoms. The Morgan fingerprint density at radius 3 is 2.95 bits per heavy atom. The molecule has 6 heteroatoms. The average molecular weight is 287 g/mol. The molecule has 0 saturated heterocycles. The molecule has 3 rings (SSSR count). The Morgan fingerprint density at radius 2 is 2.10 bits per heavy atom. The zero-order chi connectivity index (χ0) is 14.5. The van der Waals surface area contributed by atoms with Gasteiger partial charge in [0.2, 0.25) is 5.89 Å². The second kappa shape index (κ2) is 6.69. The molecule has 0 aliphatic carbocycles. The van der Waals surface area contributed by atoms with Gasteiger partial charge in [-0.2, -0.15) is 0 Å². The predicted molar refractivity (Wildman–Crippen MR) is 81.0 cm³/mol. The topological polar surface area (TPSA) is 66.2 Å². The molecule has 2 heterocycles. The molecule has 1 aliphatic rings. The summed E-state index contributed by atoms with van der Waals surface area (Å²) in [7, 11) is 1.85. The van der Waals surface area contributed by atoms with Crippen LogP contribution in [0.1, 0.15) is 17.0 Å². The Hall–Kier alpha value is -1.92. The summed E-state index contributed by atoms with van der Waals surface area (Å²) in [6.45, 7) is 4.50. The van der Waals surface area contributed by atoms with Gasteiger partial charge in [0.05, 0.1) is 6.54 Å². The van der Waals surface area contributed by atoms with Crippen LogP contribution in [0.3, 0.4) is 0 Å². The molecule has 6 nitrogen and oxygen atoms in total. The second-order valence-electron chi connectivity index (χ2n) is 5.25. The van der Waals surface area contributed by atoms with Crippen LogP contribution >= 0.6 is 0 Å². The standard InChI is InChI=1S/C15H21N5O/c1-16-10-14-18-19-15(21-14)17-7-9-20-8-6-12-4-2-3-5-13(12)11-20/h2-5,16H,6-11H2,1H3,(H,17,19). The molecule has 0 atom stereocenters. The third-order valence-electron chi connectivity index (χ3n) is 3.71. The number of hydrogen-bond acceptors (Lipinski definition) is 6. The van der Waals surface area contributed by atoms with E-state index in [-0.39, 0.29) is 0 Å². The van der Waals surface area contributed by atoms with E-state index in [4.69, 9.17) is 4.42 Å². The van der Waals surface area contributed by atoms with E-state index < -0.39 is 0 Å². The van der Waals surface area contributed by atoms with Gasteiger partial charge in [0, 0.05) is 26.2 Å². The lowest BCUT2D eigenvalue weighted by Gasteiger charge is -2.28. The smallest absolute Gasteiger partial charge is 0.315 e. The van der Waals surface area contributed by atoms with Crippen LogP contribution in [-0.2, 0) is 19.5 Å². The van der Waals surface area contributed by atoms with E-state index in [0.29, 0.717) is 18.5 Å². The van der Waals surface area contributed by atoms with Crippen molar-refractivity contribution in [2.24, 2.45) is 0 Å². The van der Waals surface area contributed by atoms with Gasteiger partial charge in [0.1, 0.15) is 0 Å². The molecule has 112 valence electrons. The number of benzene rings is 1. The molecular formula is C15H21N5O. The fourth-order valence-corrected chi connectivity index (χ4v) is 2.61. The van der Waals surface area contributed by atoms with Crippen LogP contribution < -0.4 is 10.6 Å². The molecule has 1 aromatic heterocycles. The summed E-state index contributed by atoms with van der Waals surface area (Å²) in [5, 5.41) is 14.1. The molecule has 0 amide bonds. The van der Waals surface area contributed by atoms with E-state index in [2.05, 4.69) is 50.0 Å². The molecule has 0 fully saturated rings. The average Bonchev–Trinajstić information content (AvgIpc) is 2.95. The summed E-state index contributed by atoms with van der Waals surface area (Å²) in [5.74, 6) is 0.604. The van der Waals surface area contributed by atoms with Gasteiger partial charge in [-0.1, -0.05) is 29.4 Å². The maximum atomic E-state index is 5.46. The molecule has 1 aromatic carbocycles. The lowest BCUT2D eigenvalue weighted by Crippen LogP contribution is -2.34. The van der Waals surface area contributed by atoms with Crippen LogP contribution in [-0.4, -0.2) is 41.8 Å². The Balaban J connectivity index is 1.46. The number of hydrogen-bond donors (Lipinski definition) is 2. The van der Waals surface area contributed by atoms with Crippen LogP contribution in [0.25, 0.3) is 0 Å². The normalized spacial score (nSPS) is 14.9. The molecule has 0 radical (unpaired) electrons. The van der Waals surface area contributed by atoms with Crippen LogP contribution in [0.5, 0.6) is 0 Å². The van der Waals surface area contributed by atoms with Crippen molar-refractivity contribution >= 4 is 6.01 Å². The summed E-state index contributed by atoms with van der Waals surface area (Å²) in [5.41, 5.74) is 2.92. The minimum absolute atomic E-state index is 0.498. The molecule has 0 spiro atoms. The van der Waals surface area contributed by atoms with Crippen molar-refractivity contribution in [2.45, 2.75) is 19.5 Å². The number of anilines is 1. The number of fused-ring (bicyclic) bond motifs is 1. The number of nitrogens with zero attached hydrogens (tertiary/aromatic N) is 3. The summed E-state index contributed by atoms with van der Waals surface area (Å²) < 4.78 is 5.46. The van der Waals surface area contributed by atoms with E-state index in [1.54, 1.807) is 0 Å². The zero-order valence-electron chi connectivity index (χ0n) is 12.3. The van der Waals surface area contributed by atoms with Crippen molar-refractivity contribution in [3.63, 3.8) is 0 Å². The Bertz CT molecular complexity index is 583. The molecule has 0 bridgehead atoms. The highest BCUT2D eigenvalue weighted by molar-refractivity contribution is 5.29. The van der Waals surface area contributed by atoms with Gasteiger partial charge in [0.15, 0.2) is 0 Å². The van der Waals surface area contributed by atoms with E-state index in [1.165, 1.54) is 11.1 Å². The fraction of sp³-hybridized carbons (Fsp3) is 0.467.